The van der Waals surface area contributed by atoms with Gasteiger partial charge in [0.2, 0.25) is 0 Å². The van der Waals surface area contributed by atoms with E-state index in [9.17, 15) is 0 Å². The Labute approximate surface area is 129 Å². The van der Waals surface area contributed by atoms with Crippen molar-refractivity contribution in [3.05, 3.63) is 78.6 Å². The van der Waals surface area contributed by atoms with Crippen LogP contribution in [0.5, 0.6) is 0 Å². The van der Waals surface area contributed by atoms with E-state index in [1.54, 1.807) is 0 Å². The summed E-state index contributed by atoms with van der Waals surface area (Å²) in [7, 11) is 0. The highest BCUT2D eigenvalue weighted by molar-refractivity contribution is 5.93. The highest BCUT2D eigenvalue weighted by Crippen LogP contribution is 2.34. The van der Waals surface area contributed by atoms with Crippen LogP contribution in [0.4, 0.5) is 0 Å². The summed E-state index contributed by atoms with van der Waals surface area (Å²) in [5.41, 5.74) is 6.96. The fourth-order valence-electron chi connectivity index (χ4n) is 2.90. The Morgan fingerprint density at radius 1 is 0.727 bits per heavy atom. The van der Waals surface area contributed by atoms with Crippen molar-refractivity contribution in [1.29, 1.82) is 0 Å². The molecule has 0 saturated carbocycles. The van der Waals surface area contributed by atoms with Crippen molar-refractivity contribution in [3.63, 3.8) is 0 Å². The quantitative estimate of drug-likeness (QED) is 0.538. The van der Waals surface area contributed by atoms with Crippen LogP contribution >= 0.6 is 0 Å². The zero-order valence-corrected chi connectivity index (χ0v) is 12.4. The molecule has 0 radical (unpaired) electrons. The van der Waals surface area contributed by atoms with E-state index in [0.29, 0.717) is 0 Å². The Hall–Kier alpha value is -2.87. The minimum atomic E-state index is 0.944. The number of fused-ring (bicyclic) bond motifs is 1. The van der Waals surface area contributed by atoms with Crippen molar-refractivity contribution in [1.82, 2.24) is 9.97 Å². The number of aromatic nitrogens is 2. The molecule has 4 rings (SSSR count). The van der Waals surface area contributed by atoms with Crippen molar-refractivity contribution in [2.24, 2.45) is 0 Å². The summed E-state index contributed by atoms with van der Waals surface area (Å²) >= 11 is 0. The molecular weight excluding hydrogens is 268 g/mol. The van der Waals surface area contributed by atoms with Crippen LogP contribution < -0.4 is 0 Å². The molecule has 0 spiro atoms. The van der Waals surface area contributed by atoms with Crippen LogP contribution in [0.25, 0.3) is 33.3 Å². The first kappa shape index (κ1) is 12.8. The molecule has 0 atom stereocenters. The van der Waals surface area contributed by atoms with E-state index in [4.69, 9.17) is 0 Å². The maximum Gasteiger partial charge on any atom is 0.104 e. The first-order valence-corrected chi connectivity index (χ1v) is 7.42. The lowest BCUT2D eigenvalue weighted by Gasteiger charge is -2.10. The number of nitrogens with one attached hydrogen (secondary N) is 1. The van der Waals surface area contributed by atoms with Gasteiger partial charge in [0.15, 0.2) is 0 Å². The average Bonchev–Trinajstić information content (AvgIpc) is 2.94. The van der Waals surface area contributed by atoms with Gasteiger partial charge in [-0.3, -0.25) is 0 Å². The van der Waals surface area contributed by atoms with Crippen LogP contribution in [0.15, 0.2) is 72.8 Å². The molecule has 0 aliphatic rings. The lowest BCUT2D eigenvalue weighted by molar-refractivity contribution is 1.17. The SMILES string of the molecule is Cc1nc2cc(-c3ccccc3)c(-c3ccccc3)cc2[nH]1. The minimum Gasteiger partial charge on any atom is -0.342 e. The molecule has 2 heteroatoms. The Kier molecular flexibility index (Phi) is 3.01. The van der Waals surface area contributed by atoms with Gasteiger partial charge >= 0.3 is 0 Å². The molecule has 3 aromatic carbocycles. The molecule has 0 amide bonds. The second kappa shape index (κ2) is 5.15. The fraction of sp³-hybridized carbons (Fsp3) is 0.0500. The highest BCUT2D eigenvalue weighted by atomic mass is 14.9. The van der Waals surface area contributed by atoms with Crippen molar-refractivity contribution in [2.75, 3.05) is 0 Å². The lowest BCUT2D eigenvalue weighted by atomic mass is 9.94. The molecule has 2 nitrogen and oxygen atoms in total. The molecule has 0 aliphatic carbocycles. The molecule has 4 aromatic rings. The molecule has 1 N–H and O–H groups in total. The third kappa shape index (κ3) is 2.19. The van der Waals surface area contributed by atoms with Crippen molar-refractivity contribution in [3.8, 4) is 22.3 Å². The van der Waals surface area contributed by atoms with Gasteiger partial charge < -0.3 is 4.98 Å². The molecule has 0 fully saturated rings. The highest BCUT2D eigenvalue weighted by Gasteiger charge is 2.11. The van der Waals surface area contributed by atoms with Gasteiger partial charge in [0, 0.05) is 0 Å². The van der Waals surface area contributed by atoms with Crippen molar-refractivity contribution >= 4 is 11.0 Å². The number of rotatable bonds is 2. The summed E-state index contributed by atoms with van der Waals surface area (Å²) in [5, 5.41) is 0. The molecule has 1 aromatic heterocycles. The summed E-state index contributed by atoms with van der Waals surface area (Å²) in [6.45, 7) is 1.99. The van der Waals surface area contributed by atoms with Gasteiger partial charge in [-0.05, 0) is 41.3 Å². The summed E-state index contributed by atoms with van der Waals surface area (Å²) in [4.78, 5) is 7.91. The molecule has 1 heterocycles. The number of aromatic amines is 1. The number of H-pyrrole nitrogens is 1. The number of aryl methyl sites for hydroxylation is 1. The van der Waals surface area contributed by atoms with Gasteiger partial charge in [0.25, 0.3) is 0 Å². The number of imidazole rings is 1. The third-order valence-electron chi connectivity index (χ3n) is 3.91. The maximum atomic E-state index is 4.58. The number of benzene rings is 3. The second-order valence-electron chi connectivity index (χ2n) is 5.47. The van der Waals surface area contributed by atoms with Gasteiger partial charge in [-0.2, -0.15) is 0 Å². The Bertz CT molecular complexity index is 846. The average molecular weight is 284 g/mol. The number of nitrogens with zero attached hydrogens (tertiary/aromatic N) is 1. The summed E-state index contributed by atoms with van der Waals surface area (Å²) in [6, 6.07) is 25.4. The molecule has 0 aliphatic heterocycles. The zero-order valence-electron chi connectivity index (χ0n) is 12.4. The molecule has 0 bridgehead atoms. The first-order valence-electron chi connectivity index (χ1n) is 7.42. The molecule has 0 saturated heterocycles. The predicted octanol–water partition coefficient (Wildman–Crippen LogP) is 5.21. The van der Waals surface area contributed by atoms with Gasteiger partial charge in [-0.15, -0.1) is 0 Å². The van der Waals surface area contributed by atoms with Gasteiger partial charge in [-0.25, -0.2) is 4.98 Å². The summed E-state index contributed by atoms with van der Waals surface area (Å²) in [5.74, 6) is 0.944. The summed E-state index contributed by atoms with van der Waals surface area (Å²) < 4.78 is 0. The van der Waals surface area contributed by atoms with Crippen molar-refractivity contribution < 1.29 is 0 Å². The van der Waals surface area contributed by atoms with Crippen LogP contribution in [0, 0.1) is 6.92 Å². The van der Waals surface area contributed by atoms with E-state index < -0.39 is 0 Å². The van der Waals surface area contributed by atoms with E-state index >= 15 is 0 Å². The second-order valence-corrected chi connectivity index (χ2v) is 5.47. The predicted molar refractivity (Wildman–Crippen MR) is 91.7 cm³/mol. The van der Waals surface area contributed by atoms with Gasteiger partial charge in [-0.1, -0.05) is 60.7 Å². The minimum absolute atomic E-state index is 0.944. The van der Waals surface area contributed by atoms with E-state index in [-0.39, 0.29) is 0 Å². The van der Waals surface area contributed by atoms with E-state index in [1.807, 2.05) is 19.1 Å². The molecule has 0 unspecified atom stereocenters. The van der Waals surface area contributed by atoms with Crippen LogP contribution in [0.3, 0.4) is 0 Å². The first-order chi connectivity index (χ1) is 10.8. The van der Waals surface area contributed by atoms with Crippen LogP contribution in [0.2, 0.25) is 0 Å². The van der Waals surface area contributed by atoms with E-state index in [2.05, 4.69) is 70.6 Å². The largest absolute Gasteiger partial charge is 0.342 e. The van der Waals surface area contributed by atoms with Gasteiger partial charge in [0.1, 0.15) is 5.82 Å². The normalized spacial score (nSPS) is 11.0. The molecule has 22 heavy (non-hydrogen) atoms. The molecule has 106 valence electrons. The lowest BCUT2D eigenvalue weighted by Crippen LogP contribution is -1.86. The van der Waals surface area contributed by atoms with Crippen LogP contribution in [-0.4, -0.2) is 9.97 Å². The Morgan fingerprint density at radius 2 is 1.27 bits per heavy atom. The van der Waals surface area contributed by atoms with Crippen molar-refractivity contribution in [2.45, 2.75) is 6.92 Å². The number of hydrogen-bond donors (Lipinski definition) is 1. The summed E-state index contributed by atoms with van der Waals surface area (Å²) in [6.07, 6.45) is 0. The molecular formula is C20H16N2. The Balaban J connectivity index is 2.04. The topological polar surface area (TPSA) is 28.7 Å². The number of hydrogen-bond acceptors (Lipinski definition) is 1. The zero-order chi connectivity index (χ0) is 14.9. The standard InChI is InChI=1S/C20H16N2/c1-14-21-19-12-17(15-8-4-2-5-9-15)18(13-20(19)22-14)16-10-6-3-7-11-16/h2-13H,1H3,(H,21,22). The Morgan fingerprint density at radius 3 is 1.86 bits per heavy atom. The monoisotopic (exact) mass is 284 g/mol. The van der Waals surface area contributed by atoms with E-state index in [1.165, 1.54) is 22.3 Å². The third-order valence-corrected chi connectivity index (χ3v) is 3.91. The van der Waals surface area contributed by atoms with Gasteiger partial charge in [0.05, 0.1) is 11.0 Å². The smallest absolute Gasteiger partial charge is 0.104 e. The maximum absolute atomic E-state index is 4.58. The van der Waals surface area contributed by atoms with Crippen LogP contribution in [0.1, 0.15) is 5.82 Å². The fourth-order valence-corrected chi connectivity index (χ4v) is 2.90. The van der Waals surface area contributed by atoms with Crippen LogP contribution in [-0.2, 0) is 0 Å². The van der Waals surface area contributed by atoms with E-state index in [0.717, 1.165) is 16.9 Å².